The van der Waals surface area contributed by atoms with E-state index in [2.05, 4.69) is 110 Å². The van der Waals surface area contributed by atoms with E-state index in [0.29, 0.717) is 46.0 Å². The first-order valence-corrected chi connectivity index (χ1v) is 41.6. The summed E-state index contributed by atoms with van der Waals surface area (Å²) in [6.07, 6.45) is 13.5. The number of nitrogens with zero attached hydrogens (tertiary/aromatic N) is 16. The summed E-state index contributed by atoms with van der Waals surface area (Å²) in [6, 6.07) is 39.5. The van der Waals surface area contributed by atoms with Crippen molar-refractivity contribution in [3.05, 3.63) is 300 Å². The number of carbonyl (C=O) groups is 5. The number of amidine groups is 1. The average Bonchev–Trinajstić information content (AvgIpc) is 0.822. The maximum atomic E-state index is 13.7. The summed E-state index contributed by atoms with van der Waals surface area (Å²) in [5.74, 6) is -5.90. The van der Waals surface area contributed by atoms with Crippen LogP contribution in [0.2, 0.25) is 0 Å². The van der Waals surface area contributed by atoms with Gasteiger partial charge in [0.2, 0.25) is 5.97 Å². The fourth-order valence-electron chi connectivity index (χ4n) is 11.5. The minimum Gasteiger partial charge on any atom is -1.00 e. The van der Waals surface area contributed by atoms with Crippen molar-refractivity contribution < 1.29 is 184 Å². The Balaban J connectivity index is 0. The number of piperazine rings is 2. The predicted molar refractivity (Wildman–Crippen MR) is 498 cm³/mol. The second-order valence-electron chi connectivity index (χ2n) is 30.0. The van der Waals surface area contributed by atoms with E-state index in [0.717, 1.165) is 137 Å². The molecule has 2 saturated heterocycles. The van der Waals surface area contributed by atoms with Gasteiger partial charge in [0.05, 0.1) is 47.8 Å². The number of hydrogen-bond acceptors (Lipinski definition) is 25. The Morgan fingerprint density at radius 3 is 1.08 bits per heavy atom. The van der Waals surface area contributed by atoms with Gasteiger partial charge < -0.3 is 57.1 Å². The van der Waals surface area contributed by atoms with Crippen LogP contribution in [0.5, 0.6) is 0 Å². The van der Waals surface area contributed by atoms with E-state index in [1.54, 1.807) is 43.3 Å². The number of aromatic nitrogens is 10. The third-order valence-electron chi connectivity index (χ3n) is 17.2. The summed E-state index contributed by atoms with van der Waals surface area (Å²) in [7, 11) is 13.4. The topological polar surface area (TPSA) is 398 Å². The molecule has 143 heavy (non-hydrogen) atoms. The minimum absolute atomic E-state index is 0. The molecule has 2 aliphatic rings. The van der Waals surface area contributed by atoms with Gasteiger partial charge in [0.25, 0.3) is 22.5 Å². The summed E-state index contributed by atoms with van der Waals surface area (Å²) in [5, 5.41) is 39.4. The Kier molecular flexibility index (Phi) is 66.0. The smallest absolute Gasteiger partial charge is 1.00 e. The quantitative estimate of drug-likeness (QED) is 0.0106. The van der Waals surface area contributed by atoms with Gasteiger partial charge in [-0.1, -0.05) is 55.5 Å². The van der Waals surface area contributed by atoms with Crippen LogP contribution in [0.4, 0.5) is 52.2 Å². The molecule has 11 aromatic rings. The van der Waals surface area contributed by atoms with Gasteiger partial charge in [0.1, 0.15) is 68.7 Å². The molecule has 2 fully saturated rings. The van der Waals surface area contributed by atoms with Crippen LogP contribution in [-0.4, -0.2) is 265 Å². The number of nitrogens with one attached hydrogen (secondary N) is 1. The molecule has 5 N–H and O–H groups in total. The maximum absolute atomic E-state index is 13.7. The molecule has 0 aliphatic carbocycles. The van der Waals surface area contributed by atoms with Gasteiger partial charge in [0, 0.05) is 201 Å². The molecule has 0 spiro atoms. The molecule has 13 rings (SSSR count). The number of hydrogen-bond donors (Lipinski definition) is 3. The van der Waals surface area contributed by atoms with Gasteiger partial charge in [-0.2, -0.15) is 15.3 Å². The third-order valence-corrected chi connectivity index (χ3v) is 17.2. The minimum atomic E-state index is -3.67. The van der Waals surface area contributed by atoms with E-state index in [1.165, 1.54) is 101 Å². The van der Waals surface area contributed by atoms with Gasteiger partial charge in [0.15, 0.2) is 30.4 Å². The average molecular weight is 2030 g/mol. The van der Waals surface area contributed by atoms with Crippen molar-refractivity contribution >= 4 is 71.6 Å². The second-order valence-corrected chi connectivity index (χ2v) is 30.0. The summed E-state index contributed by atoms with van der Waals surface area (Å²) < 4.78 is 151. The zero-order valence-corrected chi connectivity index (χ0v) is 85.0. The normalized spacial score (nSPS) is 11.2. The zero-order chi connectivity index (χ0) is 104. The number of rotatable bonds is 18. The molecule has 5 aromatic heterocycles. The van der Waals surface area contributed by atoms with Crippen molar-refractivity contribution in [1.29, 1.82) is 0 Å². The van der Waals surface area contributed by atoms with Gasteiger partial charge in [-0.25, -0.2) is 88.8 Å². The number of aliphatic carboxylic acids is 1. The van der Waals surface area contributed by atoms with Crippen LogP contribution in [-0.2, 0) is 59.8 Å². The van der Waals surface area contributed by atoms with Crippen molar-refractivity contribution in [3.63, 3.8) is 0 Å². The molecular formula is C92H105B3F14N19Na2O13. The number of nitrogens with two attached hydrogens (primary N) is 2. The van der Waals surface area contributed by atoms with Gasteiger partial charge in [-0.15, -0.1) is 6.61 Å². The first-order valence-electron chi connectivity index (χ1n) is 41.6. The van der Waals surface area contributed by atoms with E-state index < -0.39 is 73.9 Å². The Hall–Kier alpha value is -13.0. The molecule has 0 unspecified atom stereocenters. The van der Waals surface area contributed by atoms with Crippen molar-refractivity contribution in [2.75, 3.05) is 115 Å². The molecule has 6 aromatic carbocycles. The molecule has 3 radical (unpaired) electrons. The van der Waals surface area contributed by atoms with Gasteiger partial charge in [-0.05, 0) is 117 Å². The number of benzene rings is 6. The van der Waals surface area contributed by atoms with Crippen LogP contribution in [0.1, 0.15) is 72.8 Å². The molecule has 2 aliphatic heterocycles. The van der Waals surface area contributed by atoms with Crippen molar-refractivity contribution in [1.82, 2.24) is 74.2 Å². The molecule has 0 amide bonds. The van der Waals surface area contributed by atoms with Gasteiger partial charge >= 0.3 is 86.1 Å². The van der Waals surface area contributed by atoms with Crippen LogP contribution in [0, 0.1) is 34.9 Å². The Morgan fingerprint density at radius 2 is 0.804 bits per heavy atom. The van der Waals surface area contributed by atoms with Crippen LogP contribution < -0.4 is 112 Å². The molecule has 7 heterocycles. The van der Waals surface area contributed by atoms with Crippen LogP contribution >= 0.6 is 0 Å². The predicted octanol–water partition coefficient (Wildman–Crippen LogP) is -5.15. The number of aldehydes is 1. The maximum Gasteiger partial charge on any atom is 1.00 e. The van der Waals surface area contributed by atoms with E-state index in [4.69, 9.17) is 26.2 Å². The fourth-order valence-corrected chi connectivity index (χ4v) is 11.5. The monoisotopic (exact) mass is 2030 g/mol. The van der Waals surface area contributed by atoms with E-state index in [1.807, 2.05) is 105 Å². The van der Waals surface area contributed by atoms with Crippen LogP contribution in [0.25, 0.3) is 56.5 Å². The van der Waals surface area contributed by atoms with Crippen molar-refractivity contribution in [3.8, 4) is 56.5 Å². The SMILES string of the molecule is CC(=O)OOC(C)=O.CC(=O)[O-].CC[O-].CN(C)C=C(C=[N+](C)C)C=[N+](C)C.CN1CCN(Cc2cnc(-c3cccc(Cn4nc(-c5cc(F)cc(F)c5)ccc4=O)c3)nc2)CC1.CN1CCNCC1.FB(F)F.FB(F)F.NC(=[NH2+])c1cccc(Cn2nc(-c3cc(F)cc(F)c3)ccc2=O)c1.O=Cc1cnc(-c2cccc(Cn3nc(-c4cc(F)cc(F)c4)ccc3=O)c2)nc1.[B-]OC(C)=O.[F-].[F-].[Na+].[Na+]. The molecule has 0 atom stereocenters. The number of allylic oxidation sites excluding steroid dienone is 1. The standard InChI is InChI=1S/C27H26F2N6O.C22H14F2N4O2.C18H14F2N4O.C10H21N3.C5H12N2.C4H6O4.C2H3BO2.C2H4O2.C2H5O.2BF3.2FH.2Na/c1-33-7-9-34(10-8-33)17-20-15-30-27(31-16-20)21-4-2-3-19(11-21)18-35-26(36)6-5-25(32-35)22-12-23(28)14-24(29)13-22;23-18-7-17(8-19(24)9-18)20-4-5-21(30)28(27-20)12-14-2-1-3-16(6-14)22-25-10-15(13-29)11-26-22;19-14-7-13(8-15(20)9-14)16-4-5-17(25)24(23-16)10-11-2-1-3-12(6-11)18(21)22;1-11(2)7-10(8-12(3)4)9-13(5)6;1-7-4-2-6-3-5-7;1-3(5)7-8-4(2)6;1-2(4)5-3;1-2(3)4;1-2-3;2*2-1(3)4;;;;/h2-6,11-16H,7-10,17-18H2,1H3;1-11,13H,12H2;1-9H,10H2,(H3,21,22);7-9H,1-6H3;6H,2-5H2,1H3;1-2H3;1H3;1H3,(H,3,4);2H2,1H3;;;2*1H;;/q;;;+2;;;-1;;-1;;;;;2*+1/p-2. The molecular weight excluding hydrogens is 1920 g/mol. The number of carboxylic acids is 1. The molecule has 51 heteroatoms. The summed E-state index contributed by atoms with van der Waals surface area (Å²) >= 11 is 0. The third kappa shape index (κ3) is 57.1. The summed E-state index contributed by atoms with van der Waals surface area (Å²) in [4.78, 5) is 120. The number of likely N-dealkylation sites (N-methyl/N-ethyl adjacent to an activating group) is 2. The number of halogens is 14. The first kappa shape index (κ1) is 132. The van der Waals surface area contributed by atoms with Gasteiger partial charge in [-0.3, -0.25) is 65.9 Å². The van der Waals surface area contributed by atoms with Crippen LogP contribution in [0.3, 0.4) is 0 Å². The zero-order valence-electron chi connectivity index (χ0n) is 81.0. The Bertz CT molecular complexity index is 5950. The van der Waals surface area contributed by atoms with Crippen molar-refractivity contribution in [2.45, 2.75) is 60.8 Å². The molecule has 0 saturated carbocycles. The molecule has 755 valence electrons. The fraction of sp³-hybridized carbons (Fsp3) is 0.283. The Labute approximate surface area is 862 Å². The van der Waals surface area contributed by atoms with E-state index >= 15 is 0 Å². The number of carbonyl (C=O) groups excluding carboxylic acids is 5. The first-order chi connectivity index (χ1) is 65.7. The largest absolute Gasteiger partial charge is 1.00 e. The van der Waals surface area contributed by atoms with E-state index in [-0.39, 0.29) is 140 Å². The van der Waals surface area contributed by atoms with E-state index in [9.17, 15) is 85.8 Å². The summed E-state index contributed by atoms with van der Waals surface area (Å²) in [6.45, 7) is 16.3. The molecule has 32 nitrogen and oxygen atoms in total. The summed E-state index contributed by atoms with van der Waals surface area (Å²) in [5.41, 5.74) is 13.4. The Morgan fingerprint density at radius 1 is 0.497 bits per heavy atom. The van der Waals surface area contributed by atoms with Crippen LogP contribution in [0.15, 0.2) is 215 Å². The van der Waals surface area contributed by atoms with Crippen molar-refractivity contribution in [2.24, 2.45) is 5.73 Å². The second kappa shape index (κ2) is 71.5. The molecule has 0 bridgehead atoms. The number of carboxylic acid groups (broad SMARTS) is 1.